The average molecular weight is 553 g/mol. The van der Waals surface area contributed by atoms with Crippen LogP contribution < -0.4 is 30.8 Å². The van der Waals surface area contributed by atoms with Crippen LogP contribution in [0, 0.1) is 0 Å². The van der Waals surface area contributed by atoms with E-state index in [1.807, 2.05) is 12.1 Å². The molecule has 0 fully saturated rings. The number of rotatable bonds is 2. The Morgan fingerprint density at radius 1 is 0.512 bits per heavy atom. The molecule has 6 aromatic carbocycles. The van der Waals surface area contributed by atoms with Crippen molar-refractivity contribution in [3.05, 3.63) is 145 Å². The van der Waals surface area contributed by atoms with Crippen molar-refractivity contribution in [1.29, 1.82) is 0 Å². The van der Waals surface area contributed by atoms with Crippen molar-refractivity contribution in [2.45, 2.75) is 19.3 Å². The van der Waals surface area contributed by atoms with E-state index in [2.05, 4.69) is 140 Å². The molecule has 0 bridgehead atoms. The Morgan fingerprint density at radius 2 is 1.00 bits per heavy atom. The zero-order chi connectivity index (χ0) is 28.7. The maximum absolute atomic E-state index is 6.53. The molecule has 3 nitrogen and oxygen atoms in total. The molecule has 0 aromatic heterocycles. The highest BCUT2D eigenvalue weighted by Gasteiger charge is 2.40. The molecule has 0 unspecified atom stereocenters. The molecule has 0 atom stereocenters. The molecule has 0 spiro atoms. The summed E-state index contributed by atoms with van der Waals surface area (Å²) >= 11 is 0. The van der Waals surface area contributed by atoms with Crippen LogP contribution >= 0.6 is 0 Å². The van der Waals surface area contributed by atoms with Crippen molar-refractivity contribution in [3.8, 4) is 34.1 Å². The monoisotopic (exact) mass is 553 g/mol. The molecule has 204 valence electrons. The molecule has 3 aliphatic rings. The lowest BCUT2D eigenvalue weighted by molar-refractivity contribution is 0.465. The van der Waals surface area contributed by atoms with Crippen LogP contribution in [0.15, 0.2) is 133 Å². The molecule has 3 aliphatic heterocycles. The van der Waals surface area contributed by atoms with Gasteiger partial charge in [0.15, 0.2) is 0 Å². The fourth-order valence-electron chi connectivity index (χ4n) is 7.31. The number of nitrogens with zero attached hydrogens (tertiary/aromatic N) is 1. The Balaban J connectivity index is 1.15. The predicted molar refractivity (Wildman–Crippen MR) is 176 cm³/mol. The van der Waals surface area contributed by atoms with Gasteiger partial charge in [0.2, 0.25) is 0 Å². The summed E-state index contributed by atoms with van der Waals surface area (Å²) < 4.78 is 13.1. The molecular formula is C39H28BNO2. The van der Waals surface area contributed by atoms with Crippen molar-refractivity contribution in [3.63, 3.8) is 0 Å². The Hall–Kier alpha value is -5.22. The van der Waals surface area contributed by atoms with E-state index >= 15 is 0 Å². The van der Waals surface area contributed by atoms with Crippen LogP contribution in [-0.4, -0.2) is 6.71 Å². The summed E-state index contributed by atoms with van der Waals surface area (Å²) in [5, 5.41) is 0. The first-order valence-electron chi connectivity index (χ1n) is 14.9. The van der Waals surface area contributed by atoms with Crippen LogP contribution in [0.1, 0.15) is 25.0 Å². The van der Waals surface area contributed by atoms with Crippen LogP contribution in [0.25, 0.3) is 11.1 Å². The van der Waals surface area contributed by atoms with Crippen LogP contribution in [-0.2, 0) is 5.41 Å². The minimum Gasteiger partial charge on any atom is -0.458 e. The maximum atomic E-state index is 6.53. The second-order valence-corrected chi connectivity index (χ2v) is 12.1. The van der Waals surface area contributed by atoms with Crippen LogP contribution in [0.3, 0.4) is 0 Å². The normalized spacial score (nSPS) is 14.7. The molecule has 0 saturated carbocycles. The standard InChI is InChI=1S/C39H28BNO2/c1-39(2)28-11-3-7-15-32(28)41(33-16-8-4-12-29(33)39)27-21-19-25(20-22-27)26-23-36-38-37(24-26)43-35-18-10-6-14-31(35)40(38)30-13-5-9-17-34(30)42-36/h3-24H,1-2H3. The number of hydrogen-bond acceptors (Lipinski definition) is 3. The van der Waals surface area contributed by atoms with E-state index in [4.69, 9.17) is 9.47 Å². The summed E-state index contributed by atoms with van der Waals surface area (Å²) in [6.45, 7) is 4.72. The maximum Gasteiger partial charge on any atom is 0.260 e. The highest BCUT2D eigenvalue weighted by molar-refractivity contribution is 6.98. The third-order valence-corrected chi connectivity index (χ3v) is 9.39. The zero-order valence-electron chi connectivity index (χ0n) is 24.0. The first kappa shape index (κ1) is 24.4. The molecule has 0 radical (unpaired) electrons. The van der Waals surface area contributed by atoms with E-state index in [1.54, 1.807) is 0 Å². The molecule has 0 amide bonds. The Bertz CT molecular complexity index is 1960. The van der Waals surface area contributed by atoms with E-state index < -0.39 is 0 Å². The Morgan fingerprint density at radius 3 is 1.56 bits per heavy atom. The first-order chi connectivity index (χ1) is 21.1. The van der Waals surface area contributed by atoms with Gasteiger partial charge in [-0.3, -0.25) is 0 Å². The largest absolute Gasteiger partial charge is 0.458 e. The summed E-state index contributed by atoms with van der Waals surface area (Å²) in [5.41, 5.74) is 11.8. The van der Waals surface area contributed by atoms with Crippen LogP contribution in [0.5, 0.6) is 23.0 Å². The molecule has 0 saturated heterocycles. The first-order valence-corrected chi connectivity index (χ1v) is 14.9. The number of fused-ring (bicyclic) bond motifs is 6. The third-order valence-electron chi connectivity index (χ3n) is 9.39. The summed E-state index contributed by atoms with van der Waals surface area (Å²) in [6.07, 6.45) is 0. The van der Waals surface area contributed by atoms with Gasteiger partial charge in [0.05, 0.1) is 11.4 Å². The summed E-state index contributed by atoms with van der Waals surface area (Å²) in [6, 6.07) is 47.4. The number of para-hydroxylation sites is 4. The Labute approximate surface area is 252 Å². The SMILES string of the molecule is CC1(C)c2ccccc2N(c2ccc(-c3cc4c5c(c3)Oc3ccccc3B5c3ccccc3O4)cc2)c2ccccc21. The van der Waals surface area contributed by atoms with Crippen molar-refractivity contribution >= 4 is 40.2 Å². The Kier molecular flexibility index (Phi) is 5.04. The number of hydrogen-bond donors (Lipinski definition) is 0. The van der Waals surface area contributed by atoms with Crippen LogP contribution in [0.4, 0.5) is 17.1 Å². The van der Waals surface area contributed by atoms with Crippen molar-refractivity contribution in [2.75, 3.05) is 4.90 Å². The van der Waals surface area contributed by atoms with Gasteiger partial charge in [-0.25, -0.2) is 0 Å². The van der Waals surface area contributed by atoms with Gasteiger partial charge >= 0.3 is 0 Å². The predicted octanol–water partition coefficient (Wildman–Crippen LogP) is 8.19. The molecule has 9 rings (SSSR count). The lowest BCUT2D eigenvalue weighted by Crippen LogP contribution is -2.57. The third kappa shape index (κ3) is 3.50. The summed E-state index contributed by atoms with van der Waals surface area (Å²) in [4.78, 5) is 2.39. The van der Waals surface area contributed by atoms with Crippen molar-refractivity contribution in [1.82, 2.24) is 0 Å². The van der Waals surface area contributed by atoms with E-state index in [-0.39, 0.29) is 12.1 Å². The van der Waals surface area contributed by atoms with Crippen molar-refractivity contribution < 1.29 is 9.47 Å². The minimum atomic E-state index is -0.0801. The second kappa shape index (κ2) is 8.89. The quantitative estimate of drug-likeness (QED) is 0.202. The fraction of sp³-hybridized carbons (Fsp3) is 0.0769. The highest BCUT2D eigenvalue weighted by atomic mass is 16.5. The number of ether oxygens (including phenoxy) is 2. The molecule has 3 heterocycles. The van der Waals surface area contributed by atoms with Gasteiger partial charge in [-0.2, -0.15) is 0 Å². The van der Waals surface area contributed by atoms with E-state index in [0.717, 1.165) is 45.3 Å². The van der Waals surface area contributed by atoms with Gasteiger partial charge in [-0.05, 0) is 81.7 Å². The highest BCUT2D eigenvalue weighted by Crippen LogP contribution is 2.51. The van der Waals surface area contributed by atoms with Gasteiger partial charge in [0.25, 0.3) is 6.71 Å². The topological polar surface area (TPSA) is 21.7 Å². The molecule has 43 heavy (non-hydrogen) atoms. The molecule has 0 aliphatic carbocycles. The van der Waals surface area contributed by atoms with E-state index in [9.17, 15) is 0 Å². The summed E-state index contributed by atoms with van der Waals surface area (Å²) in [7, 11) is 0. The van der Waals surface area contributed by atoms with Crippen molar-refractivity contribution in [2.24, 2.45) is 0 Å². The molecular weight excluding hydrogens is 525 g/mol. The minimum absolute atomic E-state index is 0.0801. The number of anilines is 3. The summed E-state index contributed by atoms with van der Waals surface area (Å²) in [5.74, 6) is 3.52. The van der Waals surface area contributed by atoms with Gasteiger partial charge in [0, 0.05) is 16.6 Å². The fourth-order valence-corrected chi connectivity index (χ4v) is 7.31. The van der Waals surface area contributed by atoms with Gasteiger partial charge < -0.3 is 14.4 Å². The van der Waals surface area contributed by atoms with Gasteiger partial charge in [0.1, 0.15) is 23.0 Å². The average Bonchev–Trinajstić information content (AvgIpc) is 3.05. The van der Waals surface area contributed by atoms with Gasteiger partial charge in [-0.15, -0.1) is 0 Å². The number of benzene rings is 6. The molecule has 6 aromatic rings. The molecule has 4 heteroatoms. The van der Waals surface area contributed by atoms with Crippen LogP contribution in [0.2, 0.25) is 0 Å². The lowest BCUT2D eigenvalue weighted by atomic mass is 9.35. The molecule has 0 N–H and O–H groups in total. The van der Waals surface area contributed by atoms with E-state index in [0.29, 0.717) is 0 Å². The van der Waals surface area contributed by atoms with E-state index in [1.165, 1.54) is 33.4 Å². The van der Waals surface area contributed by atoms with Gasteiger partial charge in [-0.1, -0.05) is 98.8 Å². The second-order valence-electron chi connectivity index (χ2n) is 12.1. The zero-order valence-corrected chi connectivity index (χ0v) is 24.0. The smallest absolute Gasteiger partial charge is 0.260 e. The lowest BCUT2D eigenvalue weighted by Gasteiger charge is -2.42.